The van der Waals surface area contributed by atoms with Gasteiger partial charge >= 0.3 is 0 Å². The number of hydrogen-bond donors (Lipinski definition) is 1. The van der Waals surface area contributed by atoms with Crippen molar-refractivity contribution >= 4 is 22.9 Å². The predicted molar refractivity (Wildman–Crippen MR) is 114 cm³/mol. The quantitative estimate of drug-likeness (QED) is 0.470. The maximum atomic E-state index is 12.7. The van der Waals surface area contributed by atoms with Crippen molar-refractivity contribution in [2.45, 2.75) is 33.2 Å². The van der Waals surface area contributed by atoms with Gasteiger partial charge in [0.1, 0.15) is 5.75 Å². The molecule has 0 bridgehead atoms. The molecule has 0 unspecified atom stereocenters. The van der Waals surface area contributed by atoms with E-state index in [1.165, 1.54) is 4.68 Å². The van der Waals surface area contributed by atoms with Crippen molar-refractivity contribution in [1.82, 2.24) is 15.2 Å². The van der Waals surface area contributed by atoms with Crippen LogP contribution in [0.1, 0.15) is 42.7 Å². The molecule has 0 fully saturated rings. The number of aromatic nitrogens is 2. The second-order valence-corrected chi connectivity index (χ2v) is 6.54. The van der Waals surface area contributed by atoms with Crippen LogP contribution in [0.15, 0.2) is 58.4 Å². The second kappa shape index (κ2) is 9.64. The maximum absolute atomic E-state index is 12.7. The van der Waals surface area contributed by atoms with Crippen LogP contribution in [0.25, 0.3) is 10.8 Å². The van der Waals surface area contributed by atoms with E-state index < -0.39 is 5.91 Å². The standard InChI is InChI=1S/C22H24N4O3/c1-3-13-26-22(28)19-8-6-5-7-18(19)20(25-26)21(27)24-23-15-16-9-11-17(12-10-16)29-14-4-2/h5-12,15H,3-4,13-14H2,1-2H3,(H,24,27)/b23-15-. The molecule has 1 heterocycles. The smallest absolute Gasteiger partial charge is 0.292 e. The van der Waals surface area contributed by atoms with Crippen molar-refractivity contribution in [3.63, 3.8) is 0 Å². The van der Waals surface area contributed by atoms with Gasteiger partial charge in [0, 0.05) is 11.9 Å². The van der Waals surface area contributed by atoms with Gasteiger partial charge in [0.15, 0.2) is 5.69 Å². The van der Waals surface area contributed by atoms with Gasteiger partial charge in [-0.25, -0.2) is 10.1 Å². The highest BCUT2D eigenvalue weighted by Gasteiger charge is 2.15. The van der Waals surface area contributed by atoms with E-state index >= 15 is 0 Å². The summed E-state index contributed by atoms with van der Waals surface area (Å²) in [5.74, 6) is 0.326. The highest BCUT2D eigenvalue weighted by molar-refractivity contribution is 6.04. The first kappa shape index (κ1) is 20.3. The van der Waals surface area contributed by atoms with Crippen molar-refractivity contribution < 1.29 is 9.53 Å². The molecule has 0 spiro atoms. The van der Waals surface area contributed by atoms with E-state index in [1.807, 2.05) is 31.2 Å². The van der Waals surface area contributed by atoms with Gasteiger partial charge in [-0.1, -0.05) is 32.0 Å². The highest BCUT2D eigenvalue weighted by atomic mass is 16.5. The summed E-state index contributed by atoms with van der Waals surface area (Å²) in [6.07, 6.45) is 3.23. The molecule has 0 aliphatic heterocycles. The molecule has 0 radical (unpaired) electrons. The van der Waals surface area contributed by atoms with Crippen LogP contribution in [-0.2, 0) is 6.54 Å². The van der Waals surface area contributed by atoms with Crippen molar-refractivity contribution in [3.05, 3.63) is 70.1 Å². The lowest BCUT2D eigenvalue weighted by Gasteiger charge is -2.09. The molecule has 0 saturated heterocycles. The average Bonchev–Trinajstić information content (AvgIpc) is 2.75. The Morgan fingerprint density at radius 1 is 1.10 bits per heavy atom. The Bertz CT molecular complexity index is 1070. The molecule has 3 aromatic rings. The van der Waals surface area contributed by atoms with E-state index in [0.717, 1.165) is 24.2 Å². The first-order valence-electron chi connectivity index (χ1n) is 9.70. The van der Waals surface area contributed by atoms with Crippen LogP contribution in [0.3, 0.4) is 0 Å². The molecule has 1 aromatic heterocycles. The number of nitrogens with zero attached hydrogens (tertiary/aromatic N) is 3. The molecule has 29 heavy (non-hydrogen) atoms. The zero-order valence-electron chi connectivity index (χ0n) is 16.6. The highest BCUT2D eigenvalue weighted by Crippen LogP contribution is 2.14. The number of hydrogen-bond acceptors (Lipinski definition) is 5. The van der Waals surface area contributed by atoms with Gasteiger partial charge in [0.2, 0.25) is 0 Å². The number of nitrogens with one attached hydrogen (secondary N) is 1. The Hall–Kier alpha value is -3.48. The zero-order valence-corrected chi connectivity index (χ0v) is 16.6. The number of carbonyl (C=O) groups is 1. The first-order valence-corrected chi connectivity index (χ1v) is 9.70. The van der Waals surface area contributed by atoms with Crippen molar-refractivity contribution in [2.75, 3.05) is 6.61 Å². The van der Waals surface area contributed by atoms with E-state index in [-0.39, 0.29) is 11.3 Å². The van der Waals surface area contributed by atoms with Crippen LogP contribution >= 0.6 is 0 Å². The number of rotatable bonds is 8. The molecule has 0 aliphatic carbocycles. The van der Waals surface area contributed by atoms with Gasteiger partial charge in [-0.2, -0.15) is 10.2 Å². The summed E-state index contributed by atoms with van der Waals surface area (Å²) in [4.78, 5) is 25.2. The number of fused-ring (bicyclic) bond motifs is 1. The minimum absolute atomic E-state index is 0.175. The van der Waals surface area contributed by atoms with Crippen LogP contribution < -0.4 is 15.7 Å². The van der Waals surface area contributed by atoms with Crippen molar-refractivity contribution in [3.8, 4) is 5.75 Å². The van der Waals surface area contributed by atoms with E-state index in [9.17, 15) is 9.59 Å². The summed E-state index contributed by atoms with van der Waals surface area (Å²) < 4.78 is 6.87. The predicted octanol–water partition coefficient (Wildman–Crippen LogP) is 3.36. The third-order valence-electron chi connectivity index (χ3n) is 4.25. The second-order valence-electron chi connectivity index (χ2n) is 6.54. The number of ether oxygens (including phenoxy) is 1. The van der Waals surface area contributed by atoms with Crippen LogP contribution in [0, 0.1) is 0 Å². The van der Waals surface area contributed by atoms with Gasteiger partial charge in [-0.3, -0.25) is 9.59 Å². The van der Waals surface area contributed by atoms with Crippen molar-refractivity contribution in [1.29, 1.82) is 0 Å². The largest absolute Gasteiger partial charge is 0.494 e. The fourth-order valence-electron chi connectivity index (χ4n) is 2.85. The average molecular weight is 392 g/mol. The molecular formula is C22H24N4O3. The first-order chi connectivity index (χ1) is 14.1. The summed E-state index contributed by atoms with van der Waals surface area (Å²) in [5, 5.41) is 9.25. The number of amides is 1. The normalized spacial score (nSPS) is 11.1. The minimum Gasteiger partial charge on any atom is -0.494 e. The lowest BCUT2D eigenvalue weighted by atomic mass is 10.1. The third kappa shape index (κ3) is 4.87. The topological polar surface area (TPSA) is 85.6 Å². The van der Waals surface area contributed by atoms with E-state index in [1.54, 1.807) is 30.5 Å². The van der Waals surface area contributed by atoms with Gasteiger partial charge in [0.25, 0.3) is 11.5 Å². The number of aryl methyl sites for hydroxylation is 1. The van der Waals surface area contributed by atoms with Crippen LogP contribution in [-0.4, -0.2) is 28.5 Å². The van der Waals surface area contributed by atoms with E-state index in [2.05, 4.69) is 22.5 Å². The van der Waals surface area contributed by atoms with Gasteiger partial charge in [-0.05, 0) is 48.7 Å². The Balaban J connectivity index is 1.78. The fourth-order valence-corrected chi connectivity index (χ4v) is 2.85. The van der Waals surface area contributed by atoms with Crippen molar-refractivity contribution in [2.24, 2.45) is 5.10 Å². The molecule has 1 N–H and O–H groups in total. The monoisotopic (exact) mass is 392 g/mol. The molecule has 0 aliphatic rings. The SMILES string of the molecule is CCCOc1ccc(/C=N\NC(=O)c2nn(CCC)c(=O)c3ccccc23)cc1. The fraction of sp³-hybridized carbons (Fsp3) is 0.273. The molecule has 150 valence electrons. The molecule has 1 amide bonds. The lowest BCUT2D eigenvalue weighted by molar-refractivity contribution is 0.0949. The van der Waals surface area contributed by atoms with Gasteiger partial charge < -0.3 is 4.74 Å². The summed E-state index contributed by atoms with van der Waals surface area (Å²) in [6.45, 7) is 5.12. The molecule has 0 atom stereocenters. The summed E-state index contributed by atoms with van der Waals surface area (Å²) >= 11 is 0. The molecule has 7 heteroatoms. The summed E-state index contributed by atoms with van der Waals surface area (Å²) in [6, 6.07) is 14.4. The Labute approximate surface area is 169 Å². The minimum atomic E-state index is -0.467. The number of carbonyl (C=O) groups excluding carboxylic acids is 1. The molecular weight excluding hydrogens is 368 g/mol. The van der Waals surface area contributed by atoms with E-state index in [0.29, 0.717) is 23.9 Å². The number of benzene rings is 2. The summed E-state index contributed by atoms with van der Waals surface area (Å²) in [5.41, 5.74) is 3.29. The van der Waals surface area contributed by atoms with Gasteiger partial charge in [0.05, 0.1) is 18.2 Å². The zero-order chi connectivity index (χ0) is 20.6. The van der Waals surface area contributed by atoms with E-state index in [4.69, 9.17) is 4.74 Å². The Morgan fingerprint density at radius 2 is 1.83 bits per heavy atom. The van der Waals surface area contributed by atoms with Gasteiger partial charge in [-0.15, -0.1) is 0 Å². The van der Waals surface area contributed by atoms with Crippen LogP contribution in [0.2, 0.25) is 0 Å². The third-order valence-corrected chi connectivity index (χ3v) is 4.25. The lowest BCUT2D eigenvalue weighted by Crippen LogP contribution is -2.29. The Kier molecular flexibility index (Phi) is 6.73. The molecule has 7 nitrogen and oxygen atoms in total. The summed E-state index contributed by atoms with van der Waals surface area (Å²) in [7, 11) is 0. The molecule has 2 aromatic carbocycles. The van der Waals surface area contributed by atoms with Crippen LogP contribution in [0.5, 0.6) is 5.75 Å². The van der Waals surface area contributed by atoms with Crippen LogP contribution in [0.4, 0.5) is 0 Å². The molecule has 0 saturated carbocycles. The molecule has 3 rings (SSSR count). The Morgan fingerprint density at radius 3 is 2.52 bits per heavy atom. The number of hydrazone groups is 1. The maximum Gasteiger partial charge on any atom is 0.292 e.